The number of imide groups is 1. The molecule has 1 heterocycles. The molecule has 7 heteroatoms. The lowest BCUT2D eigenvalue weighted by Gasteiger charge is -2.16. The topological polar surface area (TPSA) is 92.8 Å². The number of carbonyl (C=O) groups excluding carboxylic acids is 4. The molecular formula is C23H22N2O5. The van der Waals surface area contributed by atoms with Crippen LogP contribution in [0, 0.1) is 12.8 Å². The Morgan fingerprint density at radius 2 is 1.80 bits per heavy atom. The number of carbonyl (C=O) groups is 4. The Morgan fingerprint density at radius 3 is 2.50 bits per heavy atom. The zero-order valence-electron chi connectivity index (χ0n) is 16.8. The third kappa shape index (κ3) is 3.70. The van der Waals surface area contributed by atoms with Crippen molar-refractivity contribution >= 4 is 29.4 Å². The van der Waals surface area contributed by atoms with Crippen molar-refractivity contribution in [3.05, 3.63) is 64.7 Å². The van der Waals surface area contributed by atoms with Crippen LogP contribution in [0.2, 0.25) is 0 Å². The molecule has 7 nitrogen and oxygen atoms in total. The zero-order chi connectivity index (χ0) is 21.4. The fourth-order valence-corrected chi connectivity index (χ4v) is 3.63. The van der Waals surface area contributed by atoms with Crippen LogP contribution in [0.25, 0.3) is 0 Å². The molecule has 1 fully saturated rings. The van der Waals surface area contributed by atoms with Gasteiger partial charge in [0.2, 0.25) is 0 Å². The number of anilines is 1. The Balaban J connectivity index is 1.46. The summed E-state index contributed by atoms with van der Waals surface area (Å²) in [6.07, 6.45) is 2.20. The van der Waals surface area contributed by atoms with Crippen molar-refractivity contribution in [3.63, 3.8) is 0 Å². The lowest BCUT2D eigenvalue weighted by Crippen LogP contribution is -2.37. The van der Waals surface area contributed by atoms with Crippen molar-refractivity contribution in [2.45, 2.75) is 32.7 Å². The Bertz CT molecular complexity index is 1060. The van der Waals surface area contributed by atoms with Crippen molar-refractivity contribution in [3.8, 4) is 0 Å². The molecule has 0 spiro atoms. The van der Waals surface area contributed by atoms with Crippen LogP contribution in [0.3, 0.4) is 0 Å². The van der Waals surface area contributed by atoms with Crippen LogP contribution in [-0.4, -0.2) is 36.3 Å². The highest BCUT2D eigenvalue weighted by molar-refractivity contribution is 6.34. The lowest BCUT2D eigenvalue weighted by atomic mass is 10.1. The first-order chi connectivity index (χ1) is 14.4. The second-order valence-corrected chi connectivity index (χ2v) is 7.76. The number of para-hydroxylation sites is 1. The third-order valence-corrected chi connectivity index (χ3v) is 5.53. The predicted molar refractivity (Wildman–Crippen MR) is 109 cm³/mol. The first-order valence-electron chi connectivity index (χ1n) is 9.91. The molecule has 0 saturated heterocycles. The Labute approximate surface area is 174 Å². The summed E-state index contributed by atoms with van der Waals surface area (Å²) < 4.78 is 5.08. The zero-order valence-corrected chi connectivity index (χ0v) is 16.8. The molecule has 0 bridgehead atoms. The average molecular weight is 406 g/mol. The van der Waals surface area contributed by atoms with Gasteiger partial charge >= 0.3 is 5.97 Å². The first kappa shape index (κ1) is 19.8. The number of hydrogen-bond acceptors (Lipinski definition) is 5. The van der Waals surface area contributed by atoms with E-state index >= 15 is 0 Å². The van der Waals surface area contributed by atoms with E-state index in [-0.39, 0.29) is 28.6 Å². The standard InChI is InChI=1S/C23H22N2O5/c1-13-5-3-4-6-19(13)25-21(27)17-10-9-16(11-18(17)22(25)28)23(29)30-12-20(26)24-14(2)15-7-8-15/h3-6,9-11,14-15H,7-8,12H2,1-2H3,(H,24,26)/t14-/m0/s1. The first-order valence-corrected chi connectivity index (χ1v) is 9.91. The largest absolute Gasteiger partial charge is 0.452 e. The number of rotatable bonds is 6. The summed E-state index contributed by atoms with van der Waals surface area (Å²) in [7, 11) is 0. The van der Waals surface area contributed by atoms with Crippen LogP contribution in [0.1, 0.15) is 56.4 Å². The van der Waals surface area contributed by atoms with E-state index in [4.69, 9.17) is 4.74 Å². The van der Waals surface area contributed by atoms with Crippen LogP contribution in [0.4, 0.5) is 5.69 Å². The van der Waals surface area contributed by atoms with Crippen molar-refractivity contribution in [1.29, 1.82) is 0 Å². The number of nitrogens with one attached hydrogen (secondary N) is 1. The Morgan fingerprint density at radius 1 is 1.10 bits per heavy atom. The SMILES string of the molecule is Cc1ccccc1N1C(=O)c2ccc(C(=O)OCC(=O)N[C@@H](C)C3CC3)cc2C1=O. The highest BCUT2D eigenvalue weighted by Crippen LogP contribution is 2.32. The molecule has 30 heavy (non-hydrogen) atoms. The molecule has 0 unspecified atom stereocenters. The molecule has 3 amide bonds. The number of amides is 3. The van der Waals surface area contributed by atoms with Gasteiger partial charge in [0.05, 0.1) is 22.4 Å². The number of benzene rings is 2. The highest BCUT2D eigenvalue weighted by atomic mass is 16.5. The predicted octanol–water partition coefficient (Wildman–Crippen LogP) is 2.87. The van der Waals surface area contributed by atoms with E-state index in [9.17, 15) is 19.2 Å². The number of aryl methyl sites for hydroxylation is 1. The second-order valence-electron chi connectivity index (χ2n) is 7.76. The molecule has 1 saturated carbocycles. The molecule has 2 aromatic rings. The molecule has 154 valence electrons. The summed E-state index contributed by atoms with van der Waals surface area (Å²) in [5, 5.41) is 2.81. The number of esters is 1. The van der Waals surface area contributed by atoms with Crippen molar-refractivity contribution in [2.24, 2.45) is 5.92 Å². The molecule has 1 aliphatic carbocycles. The van der Waals surface area contributed by atoms with E-state index < -0.39 is 24.4 Å². The van der Waals surface area contributed by atoms with Gasteiger partial charge in [-0.3, -0.25) is 14.4 Å². The van der Waals surface area contributed by atoms with Gasteiger partial charge in [0.25, 0.3) is 17.7 Å². The van der Waals surface area contributed by atoms with Crippen molar-refractivity contribution < 1.29 is 23.9 Å². The summed E-state index contributed by atoms with van der Waals surface area (Å²) in [5.74, 6) is -1.50. The molecule has 1 atom stereocenters. The molecule has 0 aromatic heterocycles. The monoisotopic (exact) mass is 406 g/mol. The molecular weight excluding hydrogens is 384 g/mol. The number of nitrogens with zero attached hydrogens (tertiary/aromatic N) is 1. The maximum atomic E-state index is 12.9. The van der Waals surface area contributed by atoms with E-state index in [0.717, 1.165) is 23.3 Å². The lowest BCUT2D eigenvalue weighted by molar-refractivity contribution is -0.125. The number of fused-ring (bicyclic) bond motifs is 1. The van der Waals surface area contributed by atoms with Crippen LogP contribution in [-0.2, 0) is 9.53 Å². The van der Waals surface area contributed by atoms with Crippen LogP contribution in [0.15, 0.2) is 42.5 Å². The van der Waals surface area contributed by atoms with Crippen molar-refractivity contribution in [1.82, 2.24) is 5.32 Å². The van der Waals surface area contributed by atoms with Crippen LogP contribution in [0.5, 0.6) is 0 Å². The normalized spacial score (nSPS) is 16.3. The van der Waals surface area contributed by atoms with Crippen molar-refractivity contribution in [2.75, 3.05) is 11.5 Å². The molecule has 2 aromatic carbocycles. The van der Waals surface area contributed by atoms with Crippen LogP contribution >= 0.6 is 0 Å². The molecule has 2 aliphatic rings. The Hall–Kier alpha value is -3.48. The fourth-order valence-electron chi connectivity index (χ4n) is 3.63. The number of ether oxygens (including phenoxy) is 1. The molecule has 1 aliphatic heterocycles. The van der Waals surface area contributed by atoms with Gasteiger partial charge in [0.1, 0.15) is 0 Å². The minimum absolute atomic E-state index is 0.0623. The smallest absolute Gasteiger partial charge is 0.338 e. The van der Waals surface area contributed by atoms with E-state index in [1.54, 1.807) is 12.1 Å². The summed E-state index contributed by atoms with van der Waals surface area (Å²) >= 11 is 0. The summed E-state index contributed by atoms with van der Waals surface area (Å²) in [5.41, 5.74) is 1.79. The Kier molecular flexibility index (Phi) is 5.11. The minimum atomic E-state index is -0.721. The van der Waals surface area contributed by atoms with Gasteiger partial charge < -0.3 is 10.1 Å². The van der Waals surface area contributed by atoms with Gasteiger partial charge in [-0.1, -0.05) is 18.2 Å². The molecule has 0 radical (unpaired) electrons. The maximum Gasteiger partial charge on any atom is 0.338 e. The van der Waals surface area contributed by atoms with Gasteiger partial charge in [0.15, 0.2) is 6.61 Å². The van der Waals surface area contributed by atoms with Gasteiger partial charge in [-0.15, -0.1) is 0 Å². The van der Waals surface area contributed by atoms with E-state index in [2.05, 4.69) is 5.32 Å². The van der Waals surface area contributed by atoms with E-state index in [1.807, 2.05) is 26.0 Å². The van der Waals surface area contributed by atoms with Gasteiger partial charge in [-0.05, 0) is 62.4 Å². The minimum Gasteiger partial charge on any atom is -0.452 e. The third-order valence-electron chi connectivity index (χ3n) is 5.53. The fraction of sp³-hybridized carbons (Fsp3) is 0.304. The van der Waals surface area contributed by atoms with Gasteiger partial charge in [-0.2, -0.15) is 0 Å². The maximum absolute atomic E-state index is 12.9. The second kappa shape index (κ2) is 7.74. The molecule has 4 rings (SSSR count). The molecule has 1 N–H and O–H groups in total. The summed E-state index contributed by atoms with van der Waals surface area (Å²) in [6.45, 7) is 3.35. The summed E-state index contributed by atoms with van der Waals surface area (Å²) in [6, 6.07) is 11.4. The van der Waals surface area contributed by atoms with Gasteiger partial charge in [0, 0.05) is 6.04 Å². The summed E-state index contributed by atoms with van der Waals surface area (Å²) in [4.78, 5) is 51.1. The quantitative estimate of drug-likeness (QED) is 0.588. The van der Waals surface area contributed by atoms with E-state index in [0.29, 0.717) is 11.6 Å². The number of hydrogen-bond donors (Lipinski definition) is 1. The average Bonchev–Trinajstić information content (AvgIpc) is 3.55. The van der Waals surface area contributed by atoms with Gasteiger partial charge in [-0.25, -0.2) is 9.69 Å². The highest BCUT2D eigenvalue weighted by Gasteiger charge is 2.38. The van der Waals surface area contributed by atoms with E-state index in [1.165, 1.54) is 18.2 Å². The van der Waals surface area contributed by atoms with Crippen LogP contribution < -0.4 is 10.2 Å².